The van der Waals surface area contributed by atoms with Crippen molar-refractivity contribution in [1.29, 1.82) is 0 Å². The Balaban J connectivity index is 2.14. The van der Waals surface area contributed by atoms with E-state index in [-0.39, 0.29) is 6.04 Å². The molecule has 0 spiro atoms. The molecular weight excluding hydrogens is 274 g/mol. The molecule has 2 aromatic heterocycles. The summed E-state index contributed by atoms with van der Waals surface area (Å²) in [5, 5.41) is 7.65. The van der Waals surface area contributed by atoms with Crippen LogP contribution in [-0.4, -0.2) is 16.0 Å². The summed E-state index contributed by atoms with van der Waals surface area (Å²) in [5.41, 5.74) is 9.00. The first-order valence-electron chi connectivity index (χ1n) is 6.11. The lowest BCUT2D eigenvalue weighted by Crippen LogP contribution is -2.23. The van der Waals surface area contributed by atoms with Gasteiger partial charge in [-0.25, -0.2) is 4.98 Å². The molecule has 3 N–H and O–H groups in total. The van der Waals surface area contributed by atoms with Crippen molar-refractivity contribution in [2.75, 3.05) is 5.32 Å². The van der Waals surface area contributed by atoms with Crippen LogP contribution in [0.5, 0.6) is 0 Å². The second-order valence-corrected chi connectivity index (χ2v) is 5.82. The number of nitrogens with one attached hydrogen (secondary N) is 1. The van der Waals surface area contributed by atoms with Gasteiger partial charge in [-0.3, -0.25) is 0 Å². The molecule has 1 unspecified atom stereocenters. The van der Waals surface area contributed by atoms with Crippen molar-refractivity contribution in [3.8, 4) is 0 Å². The number of rotatable bonds is 5. The van der Waals surface area contributed by atoms with E-state index in [1.807, 2.05) is 13.0 Å². The van der Waals surface area contributed by atoms with Crippen LogP contribution >= 0.6 is 23.6 Å². The average molecular weight is 291 g/mol. The normalized spacial score (nSPS) is 12.1. The number of hydrogen-bond acceptors (Lipinski definition) is 4. The number of thiocarbonyl (C=S) groups is 1. The van der Waals surface area contributed by atoms with E-state index in [0.717, 1.165) is 23.4 Å². The van der Waals surface area contributed by atoms with E-state index in [9.17, 15) is 0 Å². The minimum absolute atomic E-state index is 0.275. The van der Waals surface area contributed by atoms with E-state index in [4.69, 9.17) is 18.0 Å². The van der Waals surface area contributed by atoms with Gasteiger partial charge in [0.25, 0.3) is 0 Å². The van der Waals surface area contributed by atoms with Gasteiger partial charge in [0.1, 0.15) is 10.8 Å². The number of aromatic nitrogens is 1. The predicted octanol–water partition coefficient (Wildman–Crippen LogP) is 3.13. The summed E-state index contributed by atoms with van der Waals surface area (Å²) in [6.07, 6.45) is 2.73. The smallest absolute Gasteiger partial charge is 0.136 e. The Labute approximate surface area is 122 Å². The summed E-state index contributed by atoms with van der Waals surface area (Å²) in [7, 11) is 0. The molecule has 0 saturated heterocycles. The fourth-order valence-corrected chi connectivity index (χ4v) is 2.96. The molecule has 0 aromatic carbocycles. The monoisotopic (exact) mass is 291 g/mol. The van der Waals surface area contributed by atoms with E-state index in [0.29, 0.717) is 4.99 Å². The molecule has 0 radical (unpaired) electrons. The van der Waals surface area contributed by atoms with Gasteiger partial charge < -0.3 is 11.1 Å². The van der Waals surface area contributed by atoms with Crippen molar-refractivity contribution in [3.63, 3.8) is 0 Å². The van der Waals surface area contributed by atoms with Gasteiger partial charge in [0, 0.05) is 12.2 Å². The highest BCUT2D eigenvalue weighted by atomic mass is 32.1. The van der Waals surface area contributed by atoms with Crippen LogP contribution in [0.3, 0.4) is 0 Å². The number of nitrogens with two attached hydrogens (primary N) is 1. The first kappa shape index (κ1) is 14.0. The molecule has 1 atom stereocenters. The van der Waals surface area contributed by atoms with Crippen molar-refractivity contribution in [2.45, 2.75) is 26.3 Å². The highest BCUT2D eigenvalue weighted by molar-refractivity contribution is 7.80. The quantitative estimate of drug-likeness (QED) is 0.831. The molecule has 100 valence electrons. The van der Waals surface area contributed by atoms with Crippen LogP contribution in [-0.2, 0) is 6.42 Å². The van der Waals surface area contributed by atoms with Gasteiger partial charge in [0.15, 0.2) is 0 Å². The van der Waals surface area contributed by atoms with Gasteiger partial charge in [-0.2, -0.15) is 11.3 Å². The Morgan fingerprint density at radius 3 is 2.95 bits per heavy atom. The van der Waals surface area contributed by atoms with Gasteiger partial charge in [0.2, 0.25) is 0 Å². The highest BCUT2D eigenvalue weighted by Gasteiger charge is 2.12. The molecule has 0 saturated carbocycles. The van der Waals surface area contributed by atoms with Gasteiger partial charge in [-0.1, -0.05) is 12.2 Å². The van der Waals surface area contributed by atoms with Crippen molar-refractivity contribution in [2.24, 2.45) is 5.73 Å². The number of nitrogens with zero attached hydrogens (tertiary/aromatic N) is 1. The molecule has 3 nitrogen and oxygen atoms in total. The summed E-state index contributed by atoms with van der Waals surface area (Å²) in [5.74, 6) is 0.773. The standard InChI is InChI=1S/C14H17N3S2/c1-9-3-5-16-14(12(9)13(15)18)17-10(2)7-11-4-6-19-8-11/h3-6,8,10H,7H2,1-2H3,(H2,15,18)(H,16,17). The minimum Gasteiger partial charge on any atom is -0.389 e. The second-order valence-electron chi connectivity index (χ2n) is 4.60. The zero-order chi connectivity index (χ0) is 13.8. The molecular formula is C14H17N3S2. The largest absolute Gasteiger partial charge is 0.389 e. The fourth-order valence-electron chi connectivity index (χ4n) is 2.03. The van der Waals surface area contributed by atoms with Crippen molar-refractivity contribution < 1.29 is 0 Å². The summed E-state index contributed by atoms with van der Waals surface area (Å²) in [6, 6.07) is 4.33. The Hall–Kier alpha value is -1.46. The number of thiophene rings is 1. The summed E-state index contributed by atoms with van der Waals surface area (Å²) >= 11 is 6.82. The van der Waals surface area contributed by atoms with Crippen molar-refractivity contribution in [1.82, 2.24) is 4.98 Å². The third-order valence-corrected chi connectivity index (χ3v) is 3.85. The van der Waals surface area contributed by atoms with E-state index in [1.54, 1.807) is 17.5 Å². The molecule has 0 amide bonds. The molecule has 0 fully saturated rings. The Morgan fingerprint density at radius 1 is 1.53 bits per heavy atom. The first-order valence-corrected chi connectivity index (χ1v) is 7.46. The molecule has 0 bridgehead atoms. The topological polar surface area (TPSA) is 50.9 Å². The summed E-state index contributed by atoms with van der Waals surface area (Å²) in [6.45, 7) is 4.12. The zero-order valence-corrected chi connectivity index (χ0v) is 12.6. The van der Waals surface area contributed by atoms with Crippen molar-refractivity contribution >= 4 is 34.4 Å². The maximum atomic E-state index is 5.78. The molecule has 19 heavy (non-hydrogen) atoms. The van der Waals surface area contributed by atoms with Crippen LogP contribution < -0.4 is 11.1 Å². The van der Waals surface area contributed by atoms with Gasteiger partial charge in [0.05, 0.1) is 5.56 Å². The highest BCUT2D eigenvalue weighted by Crippen LogP contribution is 2.18. The van der Waals surface area contributed by atoms with E-state index in [2.05, 4.69) is 34.1 Å². The second kappa shape index (κ2) is 6.12. The lowest BCUT2D eigenvalue weighted by atomic mass is 10.1. The third-order valence-electron chi connectivity index (χ3n) is 2.91. The maximum Gasteiger partial charge on any atom is 0.136 e. The van der Waals surface area contributed by atoms with E-state index >= 15 is 0 Å². The van der Waals surface area contributed by atoms with Gasteiger partial charge in [-0.05, 0) is 54.3 Å². The predicted molar refractivity (Wildman–Crippen MR) is 86.0 cm³/mol. The van der Waals surface area contributed by atoms with Crippen LogP contribution in [0.15, 0.2) is 29.1 Å². The number of anilines is 1. The number of aryl methyl sites for hydroxylation is 1. The van der Waals surface area contributed by atoms with Gasteiger partial charge >= 0.3 is 0 Å². The van der Waals surface area contributed by atoms with E-state index < -0.39 is 0 Å². The zero-order valence-electron chi connectivity index (χ0n) is 11.0. The van der Waals surface area contributed by atoms with Crippen LogP contribution in [0, 0.1) is 6.92 Å². The maximum absolute atomic E-state index is 5.78. The summed E-state index contributed by atoms with van der Waals surface area (Å²) in [4.78, 5) is 4.74. The minimum atomic E-state index is 0.275. The third kappa shape index (κ3) is 3.52. The average Bonchev–Trinajstić information content (AvgIpc) is 2.81. The molecule has 5 heteroatoms. The molecule has 0 aliphatic rings. The van der Waals surface area contributed by atoms with Gasteiger partial charge in [-0.15, -0.1) is 0 Å². The summed E-state index contributed by atoms with van der Waals surface area (Å²) < 4.78 is 0. The molecule has 2 heterocycles. The van der Waals surface area contributed by atoms with Crippen molar-refractivity contribution in [3.05, 3.63) is 45.8 Å². The Kier molecular flexibility index (Phi) is 4.50. The molecule has 0 aliphatic carbocycles. The van der Waals surface area contributed by atoms with Crippen LogP contribution in [0.25, 0.3) is 0 Å². The lowest BCUT2D eigenvalue weighted by Gasteiger charge is -2.17. The number of hydrogen-bond donors (Lipinski definition) is 2. The molecule has 0 aliphatic heterocycles. The SMILES string of the molecule is Cc1ccnc(NC(C)Cc2ccsc2)c1C(N)=S. The van der Waals surface area contributed by atoms with Crippen LogP contribution in [0.2, 0.25) is 0 Å². The molecule has 2 rings (SSSR count). The fraction of sp³-hybridized carbons (Fsp3) is 0.286. The Bertz CT molecular complexity index is 564. The molecule has 2 aromatic rings. The van der Waals surface area contributed by atoms with Crippen LogP contribution in [0.1, 0.15) is 23.6 Å². The first-order chi connectivity index (χ1) is 9.08. The Morgan fingerprint density at radius 2 is 2.32 bits per heavy atom. The van der Waals surface area contributed by atoms with E-state index in [1.165, 1.54) is 5.56 Å². The lowest BCUT2D eigenvalue weighted by molar-refractivity contribution is 0.786. The number of pyridine rings is 1. The van der Waals surface area contributed by atoms with Crippen LogP contribution in [0.4, 0.5) is 5.82 Å².